The summed E-state index contributed by atoms with van der Waals surface area (Å²) in [6.45, 7) is 1.96. The molecule has 0 saturated carbocycles. The van der Waals surface area contributed by atoms with Crippen LogP contribution in [-0.2, 0) is 0 Å². The van der Waals surface area contributed by atoms with Crippen molar-refractivity contribution >= 4 is 57.3 Å². The fraction of sp³-hybridized carbons (Fsp3) is 0.0870. The van der Waals surface area contributed by atoms with Gasteiger partial charge in [-0.2, -0.15) is 0 Å². The van der Waals surface area contributed by atoms with Gasteiger partial charge < -0.3 is 14.5 Å². The minimum atomic E-state index is -0.630. The highest BCUT2D eigenvalue weighted by Gasteiger charge is 2.19. The molecule has 0 saturated heterocycles. The minimum absolute atomic E-state index is 0.0434. The lowest BCUT2D eigenvalue weighted by Crippen LogP contribution is -2.34. The number of thiocarbonyl (C=S) groups is 1. The van der Waals surface area contributed by atoms with Gasteiger partial charge in [-0.25, -0.2) is 4.98 Å². The zero-order chi connectivity index (χ0) is 24.2. The van der Waals surface area contributed by atoms with Crippen molar-refractivity contribution in [1.82, 2.24) is 10.3 Å². The average Bonchev–Trinajstić information content (AvgIpc) is 3.25. The van der Waals surface area contributed by atoms with E-state index in [1.54, 1.807) is 25.1 Å². The Morgan fingerprint density at radius 3 is 2.74 bits per heavy atom. The maximum absolute atomic E-state index is 12.6. The van der Waals surface area contributed by atoms with Crippen LogP contribution in [-0.4, -0.2) is 27.5 Å². The van der Waals surface area contributed by atoms with E-state index in [4.69, 9.17) is 33.0 Å². The van der Waals surface area contributed by atoms with E-state index in [2.05, 4.69) is 15.6 Å². The molecule has 0 aliphatic carbocycles. The summed E-state index contributed by atoms with van der Waals surface area (Å²) in [7, 11) is 0. The third kappa shape index (κ3) is 4.98. The van der Waals surface area contributed by atoms with E-state index in [-0.39, 0.29) is 28.7 Å². The Balaban J connectivity index is 1.50. The molecular weight excluding hydrogens is 480 g/mol. The first kappa shape index (κ1) is 23.1. The lowest BCUT2D eigenvalue weighted by Gasteiger charge is -2.12. The van der Waals surface area contributed by atoms with Gasteiger partial charge in [-0.3, -0.25) is 20.2 Å². The predicted octanol–water partition coefficient (Wildman–Crippen LogP) is 5.58. The quantitative estimate of drug-likeness (QED) is 0.201. The number of oxazole rings is 1. The number of rotatable bonds is 6. The number of ether oxygens (including phenoxy) is 1. The number of para-hydroxylation sites is 2. The van der Waals surface area contributed by atoms with Crippen molar-refractivity contribution in [2.24, 2.45) is 0 Å². The molecule has 4 rings (SSSR count). The van der Waals surface area contributed by atoms with Crippen molar-refractivity contribution < 1.29 is 18.9 Å². The second-order valence-corrected chi connectivity index (χ2v) is 7.78. The number of nitrogens with one attached hydrogen (secondary N) is 2. The van der Waals surface area contributed by atoms with Crippen molar-refractivity contribution in [2.75, 3.05) is 11.9 Å². The maximum atomic E-state index is 12.6. The molecule has 11 heteroatoms. The van der Waals surface area contributed by atoms with E-state index in [0.717, 1.165) is 6.07 Å². The van der Waals surface area contributed by atoms with E-state index in [1.165, 1.54) is 12.1 Å². The molecule has 1 amide bonds. The number of amides is 1. The zero-order valence-corrected chi connectivity index (χ0v) is 19.3. The molecule has 0 atom stereocenters. The van der Waals surface area contributed by atoms with Crippen LogP contribution in [0.3, 0.4) is 0 Å². The van der Waals surface area contributed by atoms with Gasteiger partial charge in [-0.05, 0) is 61.6 Å². The number of nitro groups is 1. The molecular formula is C23H17ClN4O5S. The monoisotopic (exact) mass is 496 g/mol. The van der Waals surface area contributed by atoms with Crippen LogP contribution in [0.15, 0.2) is 65.1 Å². The van der Waals surface area contributed by atoms with Gasteiger partial charge in [-0.15, -0.1) is 0 Å². The molecule has 4 aromatic rings. The van der Waals surface area contributed by atoms with Crippen molar-refractivity contribution in [3.63, 3.8) is 0 Å². The smallest absolute Gasteiger partial charge is 0.311 e. The molecule has 0 fully saturated rings. The SMILES string of the molecule is CCOc1ccc(C(=O)NC(=S)Nc2cc(-c3nc4ccccc4o3)ccc2Cl)cc1[N+](=O)[O-]. The number of carbonyl (C=O) groups is 1. The number of benzene rings is 3. The molecule has 0 radical (unpaired) electrons. The van der Waals surface area contributed by atoms with Gasteiger partial charge in [0.15, 0.2) is 16.4 Å². The van der Waals surface area contributed by atoms with E-state index in [0.29, 0.717) is 33.3 Å². The molecule has 0 aliphatic rings. The molecule has 0 bridgehead atoms. The Labute approximate surface area is 203 Å². The number of nitrogens with zero attached hydrogens (tertiary/aromatic N) is 2. The number of hydrogen-bond acceptors (Lipinski definition) is 7. The van der Waals surface area contributed by atoms with Crippen LogP contribution >= 0.6 is 23.8 Å². The lowest BCUT2D eigenvalue weighted by molar-refractivity contribution is -0.385. The Bertz CT molecular complexity index is 1390. The van der Waals surface area contributed by atoms with Gasteiger partial charge in [0.2, 0.25) is 5.89 Å². The third-order valence-electron chi connectivity index (χ3n) is 4.70. The van der Waals surface area contributed by atoms with Crippen LogP contribution in [0.1, 0.15) is 17.3 Å². The summed E-state index contributed by atoms with van der Waals surface area (Å²) in [6.07, 6.45) is 0. The van der Waals surface area contributed by atoms with Crippen LogP contribution in [0, 0.1) is 10.1 Å². The Morgan fingerprint density at radius 2 is 2.00 bits per heavy atom. The molecule has 0 aliphatic heterocycles. The molecule has 1 aromatic heterocycles. The molecule has 172 valence electrons. The first-order valence-corrected chi connectivity index (χ1v) is 10.8. The van der Waals surface area contributed by atoms with Crippen molar-refractivity contribution in [1.29, 1.82) is 0 Å². The van der Waals surface area contributed by atoms with Crippen LogP contribution < -0.4 is 15.4 Å². The van der Waals surface area contributed by atoms with Crippen LogP contribution in [0.2, 0.25) is 5.02 Å². The lowest BCUT2D eigenvalue weighted by atomic mass is 10.1. The number of carbonyl (C=O) groups excluding carboxylic acids is 1. The van der Waals surface area contributed by atoms with Gasteiger partial charge >= 0.3 is 5.69 Å². The normalized spacial score (nSPS) is 10.6. The summed E-state index contributed by atoms with van der Waals surface area (Å²) < 4.78 is 11.0. The Hall–Kier alpha value is -4.02. The predicted molar refractivity (Wildman–Crippen MR) is 132 cm³/mol. The largest absolute Gasteiger partial charge is 0.487 e. The summed E-state index contributed by atoms with van der Waals surface area (Å²) in [5.41, 5.74) is 2.17. The molecule has 0 spiro atoms. The number of hydrogen-bond donors (Lipinski definition) is 2. The van der Waals surface area contributed by atoms with Crippen molar-refractivity contribution in [3.8, 4) is 17.2 Å². The van der Waals surface area contributed by atoms with Gasteiger partial charge in [0.1, 0.15) is 5.52 Å². The number of anilines is 1. The summed E-state index contributed by atoms with van der Waals surface area (Å²) in [4.78, 5) is 27.8. The van der Waals surface area contributed by atoms with Crippen LogP contribution in [0.5, 0.6) is 5.75 Å². The molecule has 9 nitrogen and oxygen atoms in total. The number of halogens is 1. The van der Waals surface area contributed by atoms with Gasteiger partial charge in [0, 0.05) is 17.2 Å². The standard InChI is InChI=1S/C23H17ClN4O5S/c1-2-32-20-10-8-13(12-18(20)28(30)31)21(29)27-23(34)26-17-11-14(7-9-15(17)24)22-25-16-5-3-4-6-19(16)33-22/h3-12H,2H2,1H3,(H2,26,27,29,34). The molecule has 3 aromatic carbocycles. The Morgan fingerprint density at radius 1 is 1.21 bits per heavy atom. The second-order valence-electron chi connectivity index (χ2n) is 6.96. The van der Waals surface area contributed by atoms with E-state index < -0.39 is 10.8 Å². The fourth-order valence-corrected chi connectivity index (χ4v) is 3.52. The molecule has 1 heterocycles. The number of nitro benzene ring substituents is 1. The summed E-state index contributed by atoms with van der Waals surface area (Å²) in [6, 6.07) is 16.4. The molecule has 34 heavy (non-hydrogen) atoms. The first-order chi connectivity index (χ1) is 16.4. The molecule has 2 N–H and O–H groups in total. The van der Waals surface area contributed by atoms with Crippen molar-refractivity contribution in [2.45, 2.75) is 6.92 Å². The van der Waals surface area contributed by atoms with E-state index >= 15 is 0 Å². The summed E-state index contributed by atoms with van der Waals surface area (Å²) >= 11 is 11.5. The minimum Gasteiger partial charge on any atom is -0.487 e. The highest BCUT2D eigenvalue weighted by atomic mass is 35.5. The fourth-order valence-electron chi connectivity index (χ4n) is 3.16. The maximum Gasteiger partial charge on any atom is 0.311 e. The van der Waals surface area contributed by atoms with Crippen LogP contribution in [0.4, 0.5) is 11.4 Å². The molecule has 0 unspecified atom stereocenters. The number of aromatic nitrogens is 1. The third-order valence-corrected chi connectivity index (χ3v) is 5.23. The van der Waals surface area contributed by atoms with E-state index in [1.807, 2.05) is 24.3 Å². The van der Waals surface area contributed by atoms with Gasteiger partial charge in [0.25, 0.3) is 5.91 Å². The summed E-state index contributed by atoms with van der Waals surface area (Å²) in [5, 5.41) is 17.0. The Kier molecular flexibility index (Phi) is 6.71. The van der Waals surface area contributed by atoms with E-state index in [9.17, 15) is 14.9 Å². The van der Waals surface area contributed by atoms with Gasteiger partial charge in [0.05, 0.1) is 22.2 Å². The van der Waals surface area contributed by atoms with Crippen LogP contribution in [0.25, 0.3) is 22.6 Å². The van der Waals surface area contributed by atoms with Crippen molar-refractivity contribution in [3.05, 3.63) is 81.4 Å². The average molecular weight is 497 g/mol. The highest BCUT2D eigenvalue weighted by Crippen LogP contribution is 2.31. The van der Waals surface area contributed by atoms with Gasteiger partial charge in [-0.1, -0.05) is 23.7 Å². The zero-order valence-electron chi connectivity index (χ0n) is 17.7. The summed E-state index contributed by atoms with van der Waals surface area (Å²) in [5.74, 6) is -0.153. The topological polar surface area (TPSA) is 120 Å². The first-order valence-electron chi connectivity index (χ1n) is 10.0. The highest BCUT2D eigenvalue weighted by molar-refractivity contribution is 7.80. The second kappa shape index (κ2) is 9.86. The number of fused-ring (bicyclic) bond motifs is 1.